The monoisotopic (exact) mass is 288 g/mol. The molecule has 0 aromatic heterocycles. The number of benzene rings is 1. The SMILES string of the molecule is CCCCCOc1cc(C(=O)Cl)ccc1C(=O)Cl. The van der Waals surface area contributed by atoms with E-state index >= 15 is 0 Å². The average Bonchev–Trinajstić information content (AvgIpc) is 2.34. The van der Waals surface area contributed by atoms with Gasteiger partial charge in [0.15, 0.2) is 0 Å². The van der Waals surface area contributed by atoms with Crippen molar-refractivity contribution in [2.75, 3.05) is 6.61 Å². The Labute approximate surface area is 116 Å². The molecule has 0 unspecified atom stereocenters. The highest BCUT2D eigenvalue weighted by atomic mass is 35.5. The first kappa shape index (κ1) is 15.0. The Morgan fingerprint density at radius 3 is 2.44 bits per heavy atom. The first-order chi connectivity index (χ1) is 8.56. The highest BCUT2D eigenvalue weighted by Crippen LogP contribution is 2.23. The molecule has 5 heteroatoms. The average molecular weight is 289 g/mol. The predicted octanol–water partition coefficient (Wildman–Crippen LogP) is 4.01. The van der Waals surface area contributed by atoms with Gasteiger partial charge in [-0.25, -0.2) is 0 Å². The van der Waals surface area contributed by atoms with Crippen LogP contribution < -0.4 is 4.74 Å². The number of carbonyl (C=O) groups excluding carboxylic acids is 2. The number of hydrogen-bond acceptors (Lipinski definition) is 3. The normalized spacial score (nSPS) is 10.2. The second-order valence-corrected chi connectivity index (χ2v) is 4.50. The van der Waals surface area contributed by atoms with Gasteiger partial charge in [-0.1, -0.05) is 19.8 Å². The molecule has 0 radical (unpaired) electrons. The number of carbonyl (C=O) groups is 2. The van der Waals surface area contributed by atoms with Gasteiger partial charge in [-0.2, -0.15) is 0 Å². The van der Waals surface area contributed by atoms with Gasteiger partial charge in [-0.3, -0.25) is 9.59 Å². The van der Waals surface area contributed by atoms with Gasteiger partial charge in [-0.15, -0.1) is 0 Å². The van der Waals surface area contributed by atoms with Gasteiger partial charge in [0.1, 0.15) is 5.75 Å². The van der Waals surface area contributed by atoms with Gasteiger partial charge in [-0.05, 0) is 47.8 Å². The first-order valence-corrected chi connectivity index (χ1v) is 6.48. The van der Waals surface area contributed by atoms with E-state index in [9.17, 15) is 9.59 Å². The van der Waals surface area contributed by atoms with Gasteiger partial charge in [0.05, 0.1) is 12.2 Å². The third kappa shape index (κ3) is 4.31. The molecular formula is C13H14Cl2O3. The molecule has 0 amide bonds. The number of hydrogen-bond donors (Lipinski definition) is 0. The first-order valence-electron chi connectivity index (χ1n) is 5.72. The zero-order valence-corrected chi connectivity index (χ0v) is 11.6. The van der Waals surface area contributed by atoms with Crippen molar-refractivity contribution in [3.63, 3.8) is 0 Å². The lowest BCUT2D eigenvalue weighted by atomic mass is 10.1. The highest BCUT2D eigenvalue weighted by Gasteiger charge is 2.13. The van der Waals surface area contributed by atoms with E-state index in [1.54, 1.807) is 0 Å². The zero-order chi connectivity index (χ0) is 13.5. The van der Waals surface area contributed by atoms with Crippen molar-refractivity contribution in [1.29, 1.82) is 0 Å². The maximum absolute atomic E-state index is 11.2. The summed E-state index contributed by atoms with van der Waals surface area (Å²) in [6.07, 6.45) is 2.99. The Morgan fingerprint density at radius 2 is 1.89 bits per heavy atom. The zero-order valence-electron chi connectivity index (χ0n) is 10.0. The van der Waals surface area contributed by atoms with Crippen LogP contribution in [0.3, 0.4) is 0 Å². The summed E-state index contributed by atoms with van der Waals surface area (Å²) in [7, 11) is 0. The maximum Gasteiger partial charge on any atom is 0.256 e. The lowest BCUT2D eigenvalue weighted by molar-refractivity contribution is 0.106. The fourth-order valence-electron chi connectivity index (χ4n) is 1.46. The van der Waals surface area contributed by atoms with Crippen LogP contribution >= 0.6 is 23.2 Å². The van der Waals surface area contributed by atoms with Crippen LogP contribution in [-0.4, -0.2) is 17.1 Å². The van der Waals surface area contributed by atoms with E-state index in [0.717, 1.165) is 19.3 Å². The van der Waals surface area contributed by atoms with Crippen LogP contribution in [0.1, 0.15) is 46.9 Å². The van der Waals surface area contributed by atoms with E-state index < -0.39 is 10.5 Å². The van der Waals surface area contributed by atoms with E-state index in [1.807, 2.05) is 0 Å². The topological polar surface area (TPSA) is 43.4 Å². The Hall–Kier alpha value is -1.06. The summed E-state index contributed by atoms with van der Waals surface area (Å²) in [5, 5.41) is -1.21. The van der Waals surface area contributed by atoms with Gasteiger partial charge in [0.2, 0.25) is 0 Å². The molecule has 0 saturated carbocycles. The second kappa shape index (κ2) is 7.39. The molecule has 1 rings (SSSR count). The van der Waals surface area contributed by atoms with Crippen molar-refractivity contribution in [1.82, 2.24) is 0 Å². The van der Waals surface area contributed by atoms with Crippen LogP contribution in [0.15, 0.2) is 18.2 Å². The smallest absolute Gasteiger partial charge is 0.256 e. The van der Waals surface area contributed by atoms with Crippen molar-refractivity contribution in [3.05, 3.63) is 29.3 Å². The summed E-state index contributed by atoms with van der Waals surface area (Å²) < 4.78 is 5.48. The number of halogens is 2. The Kier molecular flexibility index (Phi) is 6.16. The maximum atomic E-state index is 11.2. The molecule has 0 aliphatic rings. The minimum Gasteiger partial charge on any atom is -0.493 e. The lowest BCUT2D eigenvalue weighted by Gasteiger charge is -2.09. The molecule has 0 bridgehead atoms. The van der Waals surface area contributed by atoms with Crippen molar-refractivity contribution >= 4 is 33.7 Å². The molecule has 1 aromatic rings. The van der Waals surface area contributed by atoms with Gasteiger partial charge >= 0.3 is 0 Å². The predicted molar refractivity (Wildman–Crippen MR) is 71.8 cm³/mol. The summed E-state index contributed by atoms with van der Waals surface area (Å²) in [4.78, 5) is 22.3. The third-order valence-corrected chi connectivity index (χ3v) is 2.85. The Bertz CT molecular complexity index is 444. The minimum atomic E-state index is -0.617. The second-order valence-electron chi connectivity index (χ2n) is 3.81. The van der Waals surface area contributed by atoms with Crippen LogP contribution in [0.5, 0.6) is 5.75 Å². The standard InChI is InChI=1S/C13H14Cl2O3/c1-2-3-4-7-18-11-8-9(12(14)16)5-6-10(11)13(15)17/h5-6,8H,2-4,7H2,1H3. The molecule has 0 saturated heterocycles. The van der Waals surface area contributed by atoms with Gasteiger partial charge in [0, 0.05) is 5.56 Å². The Balaban J connectivity index is 2.86. The van der Waals surface area contributed by atoms with Gasteiger partial charge < -0.3 is 4.74 Å². The van der Waals surface area contributed by atoms with Crippen LogP contribution in [0.2, 0.25) is 0 Å². The summed E-state index contributed by atoms with van der Waals surface area (Å²) in [6, 6.07) is 4.33. The van der Waals surface area contributed by atoms with Crippen molar-refractivity contribution < 1.29 is 14.3 Å². The number of ether oxygens (including phenoxy) is 1. The van der Waals surface area contributed by atoms with Crippen LogP contribution in [-0.2, 0) is 0 Å². The highest BCUT2D eigenvalue weighted by molar-refractivity contribution is 6.68. The molecule has 3 nitrogen and oxygen atoms in total. The van der Waals surface area contributed by atoms with Crippen molar-refractivity contribution in [3.8, 4) is 5.75 Å². The summed E-state index contributed by atoms with van der Waals surface area (Å²) in [5.41, 5.74) is 0.527. The summed E-state index contributed by atoms with van der Waals surface area (Å²) in [5.74, 6) is 0.303. The number of unbranched alkanes of at least 4 members (excludes halogenated alkanes) is 2. The molecule has 0 fully saturated rings. The van der Waals surface area contributed by atoms with Crippen molar-refractivity contribution in [2.45, 2.75) is 26.2 Å². The molecule has 0 N–H and O–H groups in total. The third-order valence-electron chi connectivity index (χ3n) is 2.43. The molecule has 0 aliphatic heterocycles. The molecule has 0 aliphatic carbocycles. The molecule has 18 heavy (non-hydrogen) atoms. The van der Waals surface area contributed by atoms with Crippen LogP contribution in [0.4, 0.5) is 0 Å². The van der Waals surface area contributed by atoms with E-state index in [-0.39, 0.29) is 11.1 Å². The summed E-state index contributed by atoms with van der Waals surface area (Å²) >= 11 is 10.8. The van der Waals surface area contributed by atoms with Crippen LogP contribution in [0, 0.1) is 0 Å². The quantitative estimate of drug-likeness (QED) is 0.562. The molecular weight excluding hydrogens is 275 g/mol. The van der Waals surface area contributed by atoms with Gasteiger partial charge in [0.25, 0.3) is 10.5 Å². The fraction of sp³-hybridized carbons (Fsp3) is 0.385. The van der Waals surface area contributed by atoms with Crippen molar-refractivity contribution in [2.24, 2.45) is 0 Å². The minimum absolute atomic E-state index is 0.245. The summed E-state index contributed by atoms with van der Waals surface area (Å²) in [6.45, 7) is 2.56. The lowest BCUT2D eigenvalue weighted by Crippen LogP contribution is -2.03. The molecule has 0 heterocycles. The number of rotatable bonds is 7. The van der Waals surface area contributed by atoms with Crippen LogP contribution in [0.25, 0.3) is 0 Å². The Morgan fingerprint density at radius 1 is 1.17 bits per heavy atom. The molecule has 98 valence electrons. The molecule has 1 aromatic carbocycles. The largest absolute Gasteiger partial charge is 0.493 e. The van der Waals surface area contributed by atoms with E-state index in [0.29, 0.717) is 12.4 Å². The molecule has 0 spiro atoms. The van der Waals surface area contributed by atoms with E-state index in [2.05, 4.69) is 6.92 Å². The fourth-order valence-corrected chi connectivity index (χ4v) is 1.73. The molecule has 0 atom stereocenters. The van der Waals surface area contributed by atoms with E-state index in [4.69, 9.17) is 27.9 Å². The van der Waals surface area contributed by atoms with E-state index in [1.165, 1.54) is 18.2 Å².